The van der Waals surface area contributed by atoms with Gasteiger partial charge in [-0.05, 0) is 37.3 Å². The van der Waals surface area contributed by atoms with Crippen LogP contribution in [0.5, 0.6) is 0 Å². The molecule has 0 aliphatic carbocycles. The molecule has 2 N–H and O–H groups in total. The van der Waals surface area contributed by atoms with Gasteiger partial charge in [-0.25, -0.2) is 0 Å². The van der Waals surface area contributed by atoms with Crippen LogP contribution in [0.25, 0.3) is 0 Å². The van der Waals surface area contributed by atoms with Gasteiger partial charge in [0.05, 0.1) is 6.10 Å². The Morgan fingerprint density at radius 2 is 2.13 bits per heavy atom. The molecule has 1 fully saturated rings. The molecule has 0 aromatic heterocycles. The van der Waals surface area contributed by atoms with Crippen LogP contribution in [-0.2, 0) is 11.2 Å². The van der Waals surface area contributed by atoms with Crippen LogP contribution >= 0.6 is 0 Å². The first-order chi connectivity index (χ1) is 7.25. The summed E-state index contributed by atoms with van der Waals surface area (Å²) in [6, 6.07) is 8.92. The van der Waals surface area contributed by atoms with Crippen molar-refractivity contribution in [2.24, 2.45) is 5.73 Å². The summed E-state index contributed by atoms with van der Waals surface area (Å²) < 4.78 is 5.64. The van der Waals surface area contributed by atoms with Crippen molar-refractivity contribution < 1.29 is 4.74 Å². The molecule has 1 aromatic carbocycles. The molecule has 0 saturated carbocycles. The lowest BCUT2D eigenvalue weighted by molar-refractivity contribution is 0.112. The van der Waals surface area contributed by atoms with Crippen LogP contribution in [0.3, 0.4) is 0 Å². The molecular formula is C13H19NO. The second-order valence-corrected chi connectivity index (χ2v) is 4.42. The summed E-state index contributed by atoms with van der Waals surface area (Å²) in [5.41, 5.74) is 8.38. The van der Waals surface area contributed by atoms with E-state index in [0.717, 1.165) is 19.4 Å². The average Bonchev–Trinajstić information content (AvgIpc) is 2.71. The first kappa shape index (κ1) is 10.7. The normalized spacial score (nSPS) is 22.9. The fourth-order valence-corrected chi connectivity index (χ4v) is 2.08. The summed E-state index contributed by atoms with van der Waals surface area (Å²) in [6.45, 7) is 2.94. The second kappa shape index (κ2) is 4.77. The molecule has 1 aliphatic rings. The quantitative estimate of drug-likeness (QED) is 0.822. The van der Waals surface area contributed by atoms with Gasteiger partial charge < -0.3 is 10.5 Å². The zero-order valence-electron chi connectivity index (χ0n) is 9.28. The van der Waals surface area contributed by atoms with E-state index in [1.54, 1.807) is 0 Å². The fourth-order valence-electron chi connectivity index (χ4n) is 2.08. The van der Waals surface area contributed by atoms with Crippen LogP contribution in [-0.4, -0.2) is 12.6 Å². The summed E-state index contributed by atoms with van der Waals surface area (Å²) in [4.78, 5) is 0. The van der Waals surface area contributed by atoms with Crippen LogP contribution in [0.1, 0.15) is 37.0 Å². The van der Waals surface area contributed by atoms with Crippen LogP contribution in [0, 0.1) is 0 Å². The molecule has 1 aliphatic heterocycles. The minimum absolute atomic E-state index is 0.235. The van der Waals surface area contributed by atoms with E-state index in [4.69, 9.17) is 10.5 Å². The standard InChI is InChI=1S/C13H19NO/c1-10(14)9-11-4-6-12(7-5-11)13-3-2-8-15-13/h4-7,10,13H,2-3,8-9,14H2,1H3. The highest BCUT2D eigenvalue weighted by Gasteiger charge is 2.17. The summed E-state index contributed by atoms with van der Waals surface area (Å²) in [5.74, 6) is 0. The maximum absolute atomic E-state index is 5.76. The highest BCUT2D eigenvalue weighted by Crippen LogP contribution is 2.28. The van der Waals surface area contributed by atoms with Crippen molar-refractivity contribution >= 4 is 0 Å². The van der Waals surface area contributed by atoms with Crippen molar-refractivity contribution in [3.05, 3.63) is 35.4 Å². The van der Waals surface area contributed by atoms with E-state index < -0.39 is 0 Å². The smallest absolute Gasteiger partial charge is 0.0825 e. The van der Waals surface area contributed by atoms with E-state index in [0.29, 0.717) is 6.10 Å². The van der Waals surface area contributed by atoms with Gasteiger partial charge in [-0.15, -0.1) is 0 Å². The zero-order valence-corrected chi connectivity index (χ0v) is 9.28. The Morgan fingerprint density at radius 1 is 1.40 bits per heavy atom. The fraction of sp³-hybridized carbons (Fsp3) is 0.538. The van der Waals surface area contributed by atoms with Gasteiger partial charge in [0.1, 0.15) is 0 Å². The topological polar surface area (TPSA) is 35.2 Å². The van der Waals surface area contributed by atoms with E-state index >= 15 is 0 Å². The molecule has 0 radical (unpaired) electrons. The lowest BCUT2D eigenvalue weighted by Gasteiger charge is -2.11. The number of hydrogen-bond acceptors (Lipinski definition) is 2. The molecule has 1 saturated heterocycles. The molecule has 2 atom stereocenters. The molecule has 0 bridgehead atoms. The third-order valence-electron chi connectivity index (χ3n) is 2.84. The van der Waals surface area contributed by atoms with E-state index in [1.165, 1.54) is 17.5 Å². The first-order valence-corrected chi connectivity index (χ1v) is 5.72. The van der Waals surface area contributed by atoms with E-state index in [-0.39, 0.29) is 6.04 Å². The van der Waals surface area contributed by atoms with Gasteiger partial charge in [-0.3, -0.25) is 0 Å². The maximum Gasteiger partial charge on any atom is 0.0825 e. The molecule has 1 heterocycles. The van der Waals surface area contributed by atoms with Gasteiger partial charge in [0, 0.05) is 12.6 Å². The highest BCUT2D eigenvalue weighted by molar-refractivity contribution is 5.25. The van der Waals surface area contributed by atoms with E-state index in [2.05, 4.69) is 24.3 Å². The number of rotatable bonds is 3. The van der Waals surface area contributed by atoms with Crippen molar-refractivity contribution in [3.8, 4) is 0 Å². The highest BCUT2D eigenvalue weighted by atomic mass is 16.5. The number of hydrogen-bond donors (Lipinski definition) is 1. The van der Waals surface area contributed by atoms with Crippen molar-refractivity contribution in [1.82, 2.24) is 0 Å². The summed E-state index contributed by atoms with van der Waals surface area (Å²) in [5, 5.41) is 0. The Bertz CT molecular complexity index is 299. The predicted octanol–water partition coefficient (Wildman–Crippen LogP) is 2.43. The van der Waals surface area contributed by atoms with Gasteiger partial charge in [0.2, 0.25) is 0 Å². The Labute approximate surface area is 91.4 Å². The Morgan fingerprint density at radius 3 is 2.67 bits per heavy atom. The Balaban J connectivity index is 2.03. The van der Waals surface area contributed by atoms with E-state index in [1.807, 2.05) is 6.92 Å². The third-order valence-corrected chi connectivity index (χ3v) is 2.84. The molecule has 2 unspecified atom stereocenters. The largest absolute Gasteiger partial charge is 0.374 e. The van der Waals surface area contributed by atoms with Crippen LogP contribution in [0.4, 0.5) is 0 Å². The van der Waals surface area contributed by atoms with Crippen LogP contribution < -0.4 is 5.73 Å². The Kier molecular flexibility index (Phi) is 3.39. The summed E-state index contributed by atoms with van der Waals surface area (Å²) in [7, 11) is 0. The SMILES string of the molecule is CC(N)Cc1ccc(C2CCCO2)cc1. The molecule has 1 aromatic rings. The summed E-state index contributed by atoms with van der Waals surface area (Å²) >= 11 is 0. The number of nitrogens with two attached hydrogens (primary N) is 1. The van der Waals surface area contributed by atoms with Crippen molar-refractivity contribution in [1.29, 1.82) is 0 Å². The monoisotopic (exact) mass is 205 g/mol. The maximum atomic E-state index is 5.76. The lowest BCUT2D eigenvalue weighted by atomic mass is 10.0. The second-order valence-electron chi connectivity index (χ2n) is 4.42. The van der Waals surface area contributed by atoms with Gasteiger partial charge in [-0.2, -0.15) is 0 Å². The molecule has 2 heteroatoms. The summed E-state index contributed by atoms with van der Waals surface area (Å²) in [6.07, 6.45) is 3.62. The van der Waals surface area contributed by atoms with Gasteiger partial charge in [0.15, 0.2) is 0 Å². The van der Waals surface area contributed by atoms with Gasteiger partial charge >= 0.3 is 0 Å². The molecular weight excluding hydrogens is 186 g/mol. The first-order valence-electron chi connectivity index (χ1n) is 5.72. The van der Waals surface area contributed by atoms with Crippen LogP contribution in [0.2, 0.25) is 0 Å². The molecule has 82 valence electrons. The van der Waals surface area contributed by atoms with Crippen LogP contribution in [0.15, 0.2) is 24.3 Å². The van der Waals surface area contributed by atoms with E-state index in [9.17, 15) is 0 Å². The molecule has 2 nitrogen and oxygen atoms in total. The minimum atomic E-state index is 0.235. The molecule has 15 heavy (non-hydrogen) atoms. The number of benzene rings is 1. The van der Waals surface area contributed by atoms with Gasteiger partial charge in [-0.1, -0.05) is 24.3 Å². The number of ether oxygens (including phenoxy) is 1. The van der Waals surface area contributed by atoms with Crippen molar-refractivity contribution in [2.75, 3.05) is 6.61 Å². The predicted molar refractivity (Wildman–Crippen MR) is 61.7 cm³/mol. The lowest BCUT2D eigenvalue weighted by Crippen LogP contribution is -2.17. The van der Waals surface area contributed by atoms with Crippen molar-refractivity contribution in [2.45, 2.75) is 38.3 Å². The molecule has 0 spiro atoms. The Hall–Kier alpha value is -0.860. The van der Waals surface area contributed by atoms with Crippen molar-refractivity contribution in [3.63, 3.8) is 0 Å². The molecule has 2 rings (SSSR count). The average molecular weight is 205 g/mol. The minimum Gasteiger partial charge on any atom is -0.374 e. The van der Waals surface area contributed by atoms with Gasteiger partial charge in [0.25, 0.3) is 0 Å². The zero-order chi connectivity index (χ0) is 10.7. The molecule has 0 amide bonds. The third kappa shape index (κ3) is 2.80.